The fraction of sp³-hybridized carbons (Fsp3) is 0.333. The highest BCUT2D eigenvalue weighted by molar-refractivity contribution is 7.13. The van der Waals surface area contributed by atoms with Gasteiger partial charge < -0.3 is 9.88 Å². The van der Waals surface area contributed by atoms with E-state index in [0.29, 0.717) is 5.56 Å². The molecular weight excluding hydrogens is 544 g/mol. The molecule has 4 aromatic heterocycles. The highest BCUT2D eigenvalue weighted by atomic mass is 32.1. The van der Waals surface area contributed by atoms with Crippen molar-refractivity contribution in [1.82, 2.24) is 28.7 Å². The second-order valence-corrected chi connectivity index (χ2v) is 9.12. The summed E-state index contributed by atoms with van der Waals surface area (Å²) in [4.78, 5) is 49.5. The molecule has 10 nitrogen and oxygen atoms in total. The van der Waals surface area contributed by atoms with E-state index >= 15 is 0 Å². The Balaban J connectivity index is 1.62. The molecule has 0 radical (unpaired) electrons. The van der Waals surface area contributed by atoms with Crippen LogP contribution in [0.5, 0.6) is 0 Å². The van der Waals surface area contributed by atoms with Crippen LogP contribution >= 0.6 is 11.3 Å². The highest BCUT2D eigenvalue weighted by Gasteiger charge is 2.34. The first kappa shape index (κ1) is 27.0. The number of hydrogen-bond donors (Lipinski definition) is 1. The molecule has 1 atom stereocenters. The van der Waals surface area contributed by atoms with Gasteiger partial charge in [0.05, 0.1) is 6.33 Å². The summed E-state index contributed by atoms with van der Waals surface area (Å²) >= 11 is 1.03. The largest absolute Gasteiger partial charge is 0.433 e. The SMILES string of the molecule is Cc1cc(-c2nc(NC(=O)[C@H](C)n3cnc4c3c(=O)n(CC(F)(F)F)c(=O)n4C)cs2)cnc1C(F)(F)F. The van der Waals surface area contributed by atoms with Crippen LogP contribution in [-0.4, -0.2) is 40.7 Å². The number of rotatable bonds is 5. The third kappa shape index (κ3) is 5.05. The van der Waals surface area contributed by atoms with Gasteiger partial charge in [-0.2, -0.15) is 26.3 Å². The van der Waals surface area contributed by atoms with Crippen LogP contribution in [0, 0.1) is 6.92 Å². The zero-order chi connectivity index (χ0) is 28.2. The van der Waals surface area contributed by atoms with Crippen molar-refractivity contribution >= 4 is 34.2 Å². The summed E-state index contributed by atoms with van der Waals surface area (Å²) in [5.74, 6) is -0.677. The van der Waals surface area contributed by atoms with Crippen molar-refractivity contribution in [2.75, 3.05) is 5.32 Å². The molecule has 17 heteroatoms. The normalized spacial score (nSPS) is 13.2. The van der Waals surface area contributed by atoms with Gasteiger partial charge in [-0.1, -0.05) is 0 Å². The number of amides is 1. The van der Waals surface area contributed by atoms with Gasteiger partial charge in [-0.05, 0) is 25.5 Å². The van der Waals surface area contributed by atoms with Crippen molar-refractivity contribution in [2.45, 2.75) is 38.8 Å². The summed E-state index contributed by atoms with van der Waals surface area (Å²) in [5, 5.41) is 4.19. The predicted molar refractivity (Wildman–Crippen MR) is 124 cm³/mol. The number of alkyl halides is 6. The number of carbonyl (C=O) groups is 1. The Bertz CT molecular complexity index is 1660. The number of imidazole rings is 1. The number of pyridine rings is 1. The van der Waals surface area contributed by atoms with Gasteiger partial charge in [0, 0.05) is 24.2 Å². The smallest absolute Gasteiger partial charge is 0.312 e. The van der Waals surface area contributed by atoms with Gasteiger partial charge in [-0.3, -0.25) is 19.1 Å². The van der Waals surface area contributed by atoms with E-state index in [0.717, 1.165) is 40.0 Å². The standard InChI is InChI=1S/C21H17F6N7O3S/c1-9-4-11(5-28-14(9)21(25,26)27)17-31-12(6-38-17)30-16(35)10(2)34-8-29-15-13(34)18(36)33(7-20(22,23)24)19(37)32(15)3/h4-6,8,10H,7H2,1-3H3,(H,30,35)/t10-/m0/s1. The van der Waals surface area contributed by atoms with E-state index in [9.17, 15) is 40.7 Å². The number of anilines is 1. The minimum Gasteiger partial charge on any atom is -0.312 e. The number of nitrogens with zero attached hydrogens (tertiary/aromatic N) is 6. The van der Waals surface area contributed by atoms with Crippen LogP contribution in [0.3, 0.4) is 0 Å². The van der Waals surface area contributed by atoms with Crippen LogP contribution < -0.4 is 16.6 Å². The molecule has 0 aliphatic rings. The maximum atomic E-state index is 13.0. The average molecular weight is 561 g/mol. The molecule has 0 bridgehead atoms. The van der Waals surface area contributed by atoms with E-state index < -0.39 is 47.8 Å². The number of thiazole rings is 1. The molecule has 0 aromatic carbocycles. The van der Waals surface area contributed by atoms with Crippen molar-refractivity contribution in [3.63, 3.8) is 0 Å². The molecule has 4 aromatic rings. The number of aryl methyl sites for hydroxylation is 2. The zero-order valence-electron chi connectivity index (χ0n) is 19.7. The Morgan fingerprint density at radius 3 is 2.45 bits per heavy atom. The average Bonchev–Trinajstić information content (AvgIpc) is 3.46. The summed E-state index contributed by atoms with van der Waals surface area (Å²) in [6, 6.07) is 0.0844. The molecule has 38 heavy (non-hydrogen) atoms. The van der Waals surface area contributed by atoms with Crippen LogP contribution in [0.2, 0.25) is 0 Å². The fourth-order valence-corrected chi connectivity index (χ4v) is 4.44. The Labute approximate surface area is 212 Å². The molecule has 0 saturated heterocycles. The maximum absolute atomic E-state index is 13.0. The van der Waals surface area contributed by atoms with Crippen LogP contribution in [0.25, 0.3) is 21.7 Å². The van der Waals surface area contributed by atoms with E-state index in [4.69, 9.17) is 0 Å². The van der Waals surface area contributed by atoms with E-state index in [2.05, 4.69) is 20.3 Å². The molecule has 0 aliphatic carbocycles. The van der Waals surface area contributed by atoms with Gasteiger partial charge >= 0.3 is 18.0 Å². The van der Waals surface area contributed by atoms with Crippen LogP contribution in [0.4, 0.5) is 32.2 Å². The molecule has 1 N–H and O–H groups in total. The minimum atomic E-state index is -4.85. The second-order valence-electron chi connectivity index (χ2n) is 8.26. The number of aromatic nitrogens is 6. The minimum absolute atomic E-state index is 0.0118. The molecular formula is C21H17F6N7O3S. The predicted octanol–water partition coefficient (Wildman–Crippen LogP) is 3.50. The van der Waals surface area contributed by atoms with Crippen LogP contribution in [0.15, 0.2) is 33.6 Å². The van der Waals surface area contributed by atoms with Crippen LogP contribution in [-0.2, 0) is 24.6 Å². The van der Waals surface area contributed by atoms with E-state index in [-0.39, 0.29) is 32.1 Å². The Morgan fingerprint density at radius 2 is 1.84 bits per heavy atom. The molecule has 4 rings (SSSR count). The number of hydrogen-bond acceptors (Lipinski definition) is 7. The fourth-order valence-electron chi connectivity index (χ4n) is 3.71. The topological polar surface area (TPSA) is 117 Å². The second kappa shape index (κ2) is 9.38. The van der Waals surface area contributed by atoms with E-state index in [1.165, 1.54) is 25.3 Å². The van der Waals surface area contributed by atoms with Crippen molar-refractivity contribution in [2.24, 2.45) is 7.05 Å². The molecule has 0 fully saturated rings. The first-order chi connectivity index (χ1) is 17.6. The number of carbonyl (C=O) groups excluding carboxylic acids is 1. The Kier molecular flexibility index (Phi) is 6.67. The van der Waals surface area contributed by atoms with Crippen molar-refractivity contribution < 1.29 is 31.1 Å². The van der Waals surface area contributed by atoms with Crippen molar-refractivity contribution in [1.29, 1.82) is 0 Å². The lowest BCUT2D eigenvalue weighted by Gasteiger charge is -2.15. The maximum Gasteiger partial charge on any atom is 0.433 e. The third-order valence-corrected chi connectivity index (χ3v) is 6.43. The summed E-state index contributed by atoms with van der Waals surface area (Å²) in [7, 11) is 1.15. The summed E-state index contributed by atoms with van der Waals surface area (Å²) in [5.41, 5.74) is -3.92. The Morgan fingerprint density at radius 1 is 1.16 bits per heavy atom. The van der Waals surface area contributed by atoms with E-state index in [1.54, 1.807) is 0 Å². The molecule has 0 aliphatic heterocycles. The monoisotopic (exact) mass is 561 g/mol. The lowest BCUT2D eigenvalue weighted by Crippen LogP contribution is -2.43. The van der Waals surface area contributed by atoms with Crippen molar-refractivity contribution in [3.05, 3.63) is 56.1 Å². The van der Waals surface area contributed by atoms with E-state index in [1.807, 2.05) is 0 Å². The van der Waals surface area contributed by atoms with Gasteiger partial charge in [0.25, 0.3) is 5.56 Å². The molecule has 1 amide bonds. The van der Waals surface area contributed by atoms with Gasteiger partial charge in [0.2, 0.25) is 5.91 Å². The van der Waals surface area contributed by atoms with Crippen molar-refractivity contribution in [3.8, 4) is 10.6 Å². The van der Waals surface area contributed by atoms with Gasteiger partial charge in [0.1, 0.15) is 29.1 Å². The number of nitrogens with one attached hydrogen (secondary N) is 1. The molecule has 0 spiro atoms. The van der Waals surface area contributed by atoms with Crippen LogP contribution in [0.1, 0.15) is 24.2 Å². The quantitative estimate of drug-likeness (QED) is 0.373. The number of fused-ring (bicyclic) bond motifs is 1. The molecule has 4 heterocycles. The molecule has 0 unspecified atom stereocenters. The Hall–Kier alpha value is -4.02. The lowest BCUT2D eigenvalue weighted by atomic mass is 10.1. The lowest BCUT2D eigenvalue weighted by molar-refractivity contribution is -0.142. The first-order valence-corrected chi connectivity index (χ1v) is 11.5. The van der Waals surface area contributed by atoms with Gasteiger partial charge in [-0.25, -0.2) is 19.3 Å². The van der Waals surface area contributed by atoms with Gasteiger partial charge in [0.15, 0.2) is 11.2 Å². The first-order valence-electron chi connectivity index (χ1n) is 10.6. The summed E-state index contributed by atoms with van der Waals surface area (Å²) in [6.07, 6.45) is -7.39. The molecule has 202 valence electrons. The zero-order valence-corrected chi connectivity index (χ0v) is 20.5. The number of halogens is 6. The summed E-state index contributed by atoms with van der Waals surface area (Å²) < 4.78 is 79.6. The van der Waals surface area contributed by atoms with Gasteiger partial charge in [-0.15, -0.1) is 11.3 Å². The highest BCUT2D eigenvalue weighted by Crippen LogP contribution is 2.33. The third-order valence-electron chi connectivity index (χ3n) is 5.54. The molecule has 0 saturated carbocycles. The summed E-state index contributed by atoms with van der Waals surface area (Å²) in [6.45, 7) is 0.789.